The number of hydrogen-bond acceptors (Lipinski definition) is 7. The number of nitrogens with one attached hydrogen (secondary N) is 1. The van der Waals surface area contributed by atoms with E-state index < -0.39 is 10.0 Å². The molecule has 0 spiro atoms. The number of nitrogens with zero attached hydrogens (tertiary/aromatic N) is 3. The van der Waals surface area contributed by atoms with Gasteiger partial charge >= 0.3 is 0 Å². The molecule has 9 heteroatoms. The largest absolute Gasteiger partial charge is 0.334 e. The lowest BCUT2D eigenvalue weighted by molar-refractivity contribution is 0.421. The fraction of sp³-hybridized carbons (Fsp3) is 0.154. The van der Waals surface area contributed by atoms with Gasteiger partial charge < -0.3 is 4.52 Å². The Hall–Kier alpha value is -2.10. The zero-order valence-corrected chi connectivity index (χ0v) is 13.2. The van der Waals surface area contributed by atoms with Crippen molar-refractivity contribution < 1.29 is 12.9 Å². The number of benzene rings is 1. The van der Waals surface area contributed by atoms with E-state index in [0.29, 0.717) is 10.9 Å². The van der Waals surface area contributed by atoms with Gasteiger partial charge in [0.25, 0.3) is 15.9 Å². The summed E-state index contributed by atoms with van der Waals surface area (Å²) in [4.78, 5) is 8.10. The van der Waals surface area contributed by atoms with Gasteiger partial charge in [0.15, 0.2) is 10.0 Å². The van der Waals surface area contributed by atoms with Crippen molar-refractivity contribution in [3.05, 3.63) is 47.4 Å². The van der Waals surface area contributed by atoms with Crippen LogP contribution in [0.15, 0.2) is 45.3 Å². The number of hydrogen-bond donors (Lipinski definition) is 1. The van der Waals surface area contributed by atoms with Crippen molar-refractivity contribution in [1.29, 1.82) is 0 Å². The Balaban J connectivity index is 1.71. The Kier molecular flexibility index (Phi) is 4.01. The minimum absolute atomic E-state index is 0.0460. The Morgan fingerprint density at radius 1 is 1.27 bits per heavy atom. The van der Waals surface area contributed by atoms with E-state index in [1.165, 1.54) is 6.20 Å². The highest BCUT2D eigenvalue weighted by molar-refractivity contribution is 7.91. The smallest absolute Gasteiger partial charge is 0.257 e. The third kappa shape index (κ3) is 3.21. The lowest BCUT2D eigenvalue weighted by atomic mass is 10.2. The molecule has 0 unspecified atom stereocenters. The van der Waals surface area contributed by atoms with Gasteiger partial charge in [-0.15, -0.1) is 11.3 Å². The SMILES string of the molecule is Cc1ncc(S(=O)(=O)NCc2noc(-c3ccccc3)n2)s1. The van der Waals surface area contributed by atoms with Crippen molar-refractivity contribution in [2.24, 2.45) is 0 Å². The highest BCUT2D eigenvalue weighted by Crippen LogP contribution is 2.18. The Morgan fingerprint density at radius 2 is 2.05 bits per heavy atom. The van der Waals surface area contributed by atoms with E-state index in [9.17, 15) is 8.42 Å². The molecule has 0 fully saturated rings. The number of sulfonamides is 1. The number of aryl methyl sites for hydroxylation is 1. The van der Waals surface area contributed by atoms with Gasteiger partial charge in [-0.05, 0) is 19.1 Å². The molecule has 0 aliphatic carbocycles. The van der Waals surface area contributed by atoms with Gasteiger partial charge in [-0.2, -0.15) is 4.98 Å². The first kappa shape index (κ1) is 14.8. The Bertz CT molecular complexity index is 872. The second kappa shape index (κ2) is 5.95. The summed E-state index contributed by atoms with van der Waals surface area (Å²) in [5.74, 6) is 0.618. The molecule has 2 heterocycles. The van der Waals surface area contributed by atoms with Crippen LogP contribution in [0.4, 0.5) is 0 Å². The van der Waals surface area contributed by atoms with Crippen molar-refractivity contribution in [2.45, 2.75) is 17.7 Å². The summed E-state index contributed by atoms with van der Waals surface area (Å²) in [6.07, 6.45) is 1.33. The Morgan fingerprint density at radius 3 is 2.73 bits per heavy atom. The first-order valence-corrected chi connectivity index (χ1v) is 8.65. The average molecular weight is 336 g/mol. The second-order valence-corrected chi connectivity index (χ2v) is 7.63. The topological polar surface area (TPSA) is 98.0 Å². The Labute approximate surface area is 131 Å². The monoisotopic (exact) mass is 336 g/mol. The first-order valence-electron chi connectivity index (χ1n) is 6.35. The van der Waals surface area contributed by atoms with Crippen LogP contribution < -0.4 is 4.72 Å². The molecule has 3 rings (SSSR count). The van der Waals surface area contributed by atoms with Crippen molar-refractivity contribution in [3.63, 3.8) is 0 Å². The molecular formula is C13H12N4O3S2. The van der Waals surface area contributed by atoms with Crippen molar-refractivity contribution in [2.75, 3.05) is 0 Å². The fourth-order valence-electron chi connectivity index (χ4n) is 1.72. The maximum atomic E-state index is 12.1. The third-order valence-corrected chi connectivity index (χ3v) is 5.55. The summed E-state index contributed by atoms with van der Waals surface area (Å²) in [7, 11) is -3.61. The van der Waals surface area contributed by atoms with Gasteiger partial charge in [0, 0.05) is 5.56 Å². The highest BCUT2D eigenvalue weighted by atomic mass is 32.2. The quantitative estimate of drug-likeness (QED) is 0.765. The van der Waals surface area contributed by atoms with E-state index in [2.05, 4.69) is 19.8 Å². The maximum absolute atomic E-state index is 12.1. The first-order chi connectivity index (χ1) is 10.5. The van der Waals surface area contributed by atoms with Gasteiger partial charge in [-0.25, -0.2) is 18.1 Å². The van der Waals surface area contributed by atoms with Crippen LogP contribution in [0.25, 0.3) is 11.5 Å². The lowest BCUT2D eigenvalue weighted by Crippen LogP contribution is -2.23. The van der Waals surface area contributed by atoms with Gasteiger partial charge in [0.05, 0.1) is 17.7 Å². The molecule has 7 nitrogen and oxygen atoms in total. The van der Waals surface area contributed by atoms with Crippen LogP contribution in [0.2, 0.25) is 0 Å². The number of thiazole rings is 1. The molecule has 3 aromatic rings. The van der Waals surface area contributed by atoms with E-state index in [0.717, 1.165) is 16.9 Å². The van der Waals surface area contributed by atoms with Crippen LogP contribution in [0.1, 0.15) is 10.8 Å². The van der Waals surface area contributed by atoms with Crippen LogP contribution in [0.5, 0.6) is 0 Å². The molecule has 1 N–H and O–H groups in total. The summed E-state index contributed by atoms with van der Waals surface area (Å²) < 4.78 is 31.8. The number of rotatable bonds is 5. The van der Waals surface area contributed by atoms with E-state index in [-0.39, 0.29) is 16.6 Å². The minimum Gasteiger partial charge on any atom is -0.334 e. The van der Waals surface area contributed by atoms with Crippen molar-refractivity contribution in [1.82, 2.24) is 19.8 Å². The van der Waals surface area contributed by atoms with E-state index in [1.807, 2.05) is 30.3 Å². The molecule has 1 aromatic carbocycles. The van der Waals surface area contributed by atoms with E-state index in [1.54, 1.807) is 6.92 Å². The van der Waals surface area contributed by atoms with Crippen LogP contribution in [0, 0.1) is 6.92 Å². The predicted molar refractivity (Wildman–Crippen MR) is 80.6 cm³/mol. The summed E-state index contributed by atoms with van der Waals surface area (Å²) in [5.41, 5.74) is 0.780. The molecule has 0 radical (unpaired) electrons. The summed E-state index contributed by atoms with van der Waals surface area (Å²) in [6, 6.07) is 9.26. The average Bonchev–Trinajstić information content (AvgIpc) is 3.15. The molecule has 0 bridgehead atoms. The molecule has 0 aliphatic heterocycles. The second-order valence-electron chi connectivity index (χ2n) is 4.40. The molecular weight excluding hydrogens is 324 g/mol. The molecule has 0 saturated carbocycles. The van der Waals surface area contributed by atoms with Gasteiger partial charge in [-0.1, -0.05) is 23.4 Å². The van der Waals surface area contributed by atoms with Gasteiger partial charge in [0.2, 0.25) is 0 Å². The van der Waals surface area contributed by atoms with Crippen LogP contribution >= 0.6 is 11.3 Å². The summed E-state index contributed by atoms with van der Waals surface area (Å²) in [6.45, 7) is 1.70. The highest BCUT2D eigenvalue weighted by Gasteiger charge is 2.18. The predicted octanol–water partition coefficient (Wildman–Crippen LogP) is 1.98. The van der Waals surface area contributed by atoms with Crippen LogP contribution in [0.3, 0.4) is 0 Å². The fourth-order valence-corrected chi connectivity index (χ4v) is 3.85. The number of aromatic nitrogens is 3. The molecule has 2 aromatic heterocycles. The van der Waals surface area contributed by atoms with E-state index >= 15 is 0 Å². The normalized spacial score (nSPS) is 11.7. The summed E-state index contributed by atoms with van der Waals surface area (Å²) in [5, 5.41) is 4.46. The summed E-state index contributed by atoms with van der Waals surface area (Å²) >= 11 is 1.11. The molecule has 0 saturated heterocycles. The maximum Gasteiger partial charge on any atom is 0.257 e. The molecule has 22 heavy (non-hydrogen) atoms. The van der Waals surface area contributed by atoms with Crippen LogP contribution in [-0.2, 0) is 16.6 Å². The van der Waals surface area contributed by atoms with Crippen molar-refractivity contribution >= 4 is 21.4 Å². The third-order valence-electron chi connectivity index (χ3n) is 2.77. The minimum atomic E-state index is -3.61. The molecule has 0 aliphatic rings. The zero-order chi connectivity index (χ0) is 15.6. The van der Waals surface area contributed by atoms with Crippen LogP contribution in [-0.4, -0.2) is 23.5 Å². The van der Waals surface area contributed by atoms with Gasteiger partial charge in [0.1, 0.15) is 0 Å². The van der Waals surface area contributed by atoms with Crippen molar-refractivity contribution in [3.8, 4) is 11.5 Å². The molecule has 0 amide bonds. The lowest BCUT2D eigenvalue weighted by Gasteiger charge is -2.00. The molecule has 0 atom stereocenters. The zero-order valence-electron chi connectivity index (χ0n) is 11.6. The van der Waals surface area contributed by atoms with E-state index in [4.69, 9.17) is 4.52 Å². The molecule has 114 valence electrons. The standard InChI is InChI=1S/C13H12N4O3S2/c1-9-14-8-12(21-9)22(18,19)15-7-11-16-13(20-17-11)10-5-3-2-4-6-10/h2-6,8,15H,7H2,1H3. The van der Waals surface area contributed by atoms with Gasteiger partial charge in [-0.3, -0.25) is 0 Å².